The predicted molar refractivity (Wildman–Crippen MR) is 82.0 cm³/mol. The Morgan fingerprint density at radius 3 is 1.95 bits per heavy atom. The summed E-state index contributed by atoms with van der Waals surface area (Å²) in [4.78, 5) is 14.0. The maximum absolute atomic E-state index is 13.7. The van der Waals surface area contributed by atoms with Crippen molar-refractivity contribution >= 4 is 5.91 Å². The van der Waals surface area contributed by atoms with E-state index in [1.54, 1.807) is 0 Å². The monoisotopic (exact) mass is 417 g/mol. The molecule has 0 aliphatic carbocycles. The Morgan fingerprint density at radius 1 is 1.00 bits per heavy atom. The Labute approximate surface area is 147 Å². The van der Waals surface area contributed by atoms with Crippen LogP contribution in [-0.4, -0.2) is 74.3 Å². The van der Waals surface area contributed by atoms with E-state index in [1.165, 1.54) is 0 Å². The molecule has 0 aromatic rings. The standard InChI is InChI=1S/C15H33FN3O.HI/c1-6-10-17(11-7-2)13-9-15(20)18(16)12-8-14-19(3,4)5;/h6-14H2,1-5H3;1H/q+1;/p-1. The molecule has 0 unspecified atom stereocenters. The quantitative estimate of drug-likeness (QED) is 0.253. The van der Waals surface area contributed by atoms with Crippen LogP contribution in [0.5, 0.6) is 0 Å². The van der Waals surface area contributed by atoms with Gasteiger partial charge in [-0.15, -0.1) is 0 Å². The fourth-order valence-corrected chi connectivity index (χ4v) is 2.15. The molecule has 0 aliphatic rings. The molecule has 128 valence electrons. The minimum absolute atomic E-state index is 0. The number of rotatable bonds is 11. The zero-order valence-electron chi connectivity index (χ0n) is 14.4. The third kappa shape index (κ3) is 13.4. The number of carbonyl (C=O) groups excluding carboxylic acids is 1. The van der Waals surface area contributed by atoms with E-state index in [-0.39, 0.29) is 42.8 Å². The number of halogens is 2. The summed E-state index contributed by atoms with van der Waals surface area (Å²) in [6.07, 6.45) is 3.11. The average Bonchev–Trinajstić information content (AvgIpc) is 2.34. The van der Waals surface area contributed by atoms with Gasteiger partial charge in [-0.3, -0.25) is 4.79 Å². The summed E-state index contributed by atoms with van der Waals surface area (Å²) in [6.45, 7) is 7.94. The van der Waals surface area contributed by atoms with Crippen molar-refractivity contribution in [3.63, 3.8) is 0 Å². The number of nitrogens with zero attached hydrogens (tertiary/aromatic N) is 3. The second-order valence-electron chi connectivity index (χ2n) is 6.44. The molecule has 1 amide bonds. The summed E-state index contributed by atoms with van der Waals surface area (Å²) < 4.78 is 14.4. The average molecular weight is 417 g/mol. The number of hydrogen-bond acceptors (Lipinski definition) is 2. The molecule has 0 rings (SSSR count). The molecular weight excluding hydrogens is 384 g/mol. The number of quaternary nitrogens is 1. The summed E-state index contributed by atoms with van der Waals surface area (Å²) in [5.74, 6) is -0.386. The van der Waals surface area contributed by atoms with Gasteiger partial charge in [-0.2, -0.15) is 5.12 Å². The van der Waals surface area contributed by atoms with Gasteiger partial charge in [0, 0.05) is 19.4 Å². The first kappa shape index (κ1) is 23.3. The van der Waals surface area contributed by atoms with Gasteiger partial charge < -0.3 is 33.4 Å². The largest absolute Gasteiger partial charge is 1.00 e. The van der Waals surface area contributed by atoms with Gasteiger partial charge in [0.2, 0.25) is 0 Å². The number of hydrogen-bond donors (Lipinski definition) is 0. The SMILES string of the molecule is CCCN(CCC)CCC(=O)N(F)CCC[N+](C)(C)C.[I-]. The van der Waals surface area contributed by atoms with Crippen LogP contribution in [0.2, 0.25) is 0 Å². The number of carbonyl (C=O) groups is 1. The van der Waals surface area contributed by atoms with Gasteiger partial charge in [0.1, 0.15) is 0 Å². The third-order valence-corrected chi connectivity index (χ3v) is 3.18. The molecule has 4 nitrogen and oxygen atoms in total. The highest BCUT2D eigenvalue weighted by Crippen LogP contribution is 2.03. The lowest BCUT2D eigenvalue weighted by atomic mass is 10.3. The van der Waals surface area contributed by atoms with Crippen molar-refractivity contribution in [2.75, 3.05) is 53.9 Å². The van der Waals surface area contributed by atoms with E-state index < -0.39 is 0 Å². The first-order valence-electron chi connectivity index (χ1n) is 7.79. The Balaban J connectivity index is 0. The van der Waals surface area contributed by atoms with Gasteiger partial charge in [-0.05, 0) is 25.9 Å². The van der Waals surface area contributed by atoms with Crippen molar-refractivity contribution in [2.24, 2.45) is 0 Å². The molecule has 0 saturated heterocycles. The maximum Gasteiger partial charge on any atom is 0.251 e. The van der Waals surface area contributed by atoms with Crippen molar-refractivity contribution in [2.45, 2.75) is 39.5 Å². The van der Waals surface area contributed by atoms with Gasteiger partial charge in [0.15, 0.2) is 0 Å². The fourth-order valence-electron chi connectivity index (χ4n) is 2.15. The van der Waals surface area contributed by atoms with Crippen LogP contribution in [0.15, 0.2) is 0 Å². The zero-order chi connectivity index (χ0) is 15.6. The first-order valence-corrected chi connectivity index (χ1v) is 7.79. The van der Waals surface area contributed by atoms with E-state index in [0.29, 0.717) is 18.1 Å². The Hall–Kier alpha value is 0.0500. The zero-order valence-corrected chi connectivity index (χ0v) is 16.5. The van der Waals surface area contributed by atoms with Crippen LogP contribution in [0.25, 0.3) is 0 Å². The smallest absolute Gasteiger partial charge is 0.251 e. The molecular formula is C15H33FIN3O. The molecule has 0 aliphatic heterocycles. The number of amides is 1. The van der Waals surface area contributed by atoms with E-state index in [1.807, 2.05) is 0 Å². The highest BCUT2D eigenvalue weighted by atomic mass is 127. The van der Waals surface area contributed by atoms with Gasteiger partial charge >= 0.3 is 0 Å². The Morgan fingerprint density at radius 2 is 1.52 bits per heavy atom. The van der Waals surface area contributed by atoms with Crippen LogP contribution in [0.3, 0.4) is 0 Å². The van der Waals surface area contributed by atoms with Gasteiger partial charge in [-0.25, -0.2) is 0 Å². The van der Waals surface area contributed by atoms with Crippen molar-refractivity contribution in [1.82, 2.24) is 10.0 Å². The minimum Gasteiger partial charge on any atom is -1.00 e. The van der Waals surface area contributed by atoms with Gasteiger partial charge in [0.25, 0.3) is 5.91 Å². The summed E-state index contributed by atoms with van der Waals surface area (Å²) >= 11 is 0. The van der Waals surface area contributed by atoms with Crippen LogP contribution < -0.4 is 24.0 Å². The highest BCUT2D eigenvalue weighted by molar-refractivity contribution is 5.75. The van der Waals surface area contributed by atoms with Crippen molar-refractivity contribution in [1.29, 1.82) is 0 Å². The van der Waals surface area contributed by atoms with Gasteiger partial charge in [0.05, 0.1) is 34.2 Å². The lowest BCUT2D eigenvalue weighted by Gasteiger charge is -2.24. The normalized spacial score (nSPS) is 11.4. The molecule has 0 fully saturated rings. The van der Waals surface area contributed by atoms with E-state index >= 15 is 0 Å². The lowest BCUT2D eigenvalue weighted by Crippen LogP contribution is -3.00. The molecule has 0 atom stereocenters. The second-order valence-corrected chi connectivity index (χ2v) is 6.44. The van der Waals surface area contributed by atoms with E-state index in [0.717, 1.165) is 37.0 Å². The van der Waals surface area contributed by atoms with Crippen LogP contribution in [0.1, 0.15) is 39.5 Å². The van der Waals surface area contributed by atoms with E-state index in [2.05, 4.69) is 39.9 Å². The molecule has 21 heavy (non-hydrogen) atoms. The van der Waals surface area contributed by atoms with E-state index in [9.17, 15) is 9.28 Å². The summed E-state index contributed by atoms with van der Waals surface area (Å²) in [5.41, 5.74) is 0. The topological polar surface area (TPSA) is 23.6 Å². The summed E-state index contributed by atoms with van der Waals surface area (Å²) in [6, 6.07) is 0. The molecule has 0 saturated carbocycles. The van der Waals surface area contributed by atoms with Crippen LogP contribution in [0.4, 0.5) is 4.48 Å². The fraction of sp³-hybridized carbons (Fsp3) is 0.933. The molecule has 6 heteroatoms. The maximum atomic E-state index is 13.7. The van der Waals surface area contributed by atoms with Crippen LogP contribution in [0, 0.1) is 0 Å². The second kappa shape index (κ2) is 12.6. The molecule has 0 aromatic heterocycles. The van der Waals surface area contributed by atoms with Crippen molar-refractivity contribution in [3.05, 3.63) is 0 Å². The molecule has 0 aromatic carbocycles. The molecule has 0 radical (unpaired) electrons. The summed E-state index contributed by atoms with van der Waals surface area (Å²) in [7, 11) is 6.20. The molecule has 0 N–H and O–H groups in total. The van der Waals surface area contributed by atoms with Crippen LogP contribution in [-0.2, 0) is 4.79 Å². The van der Waals surface area contributed by atoms with Gasteiger partial charge in [-0.1, -0.05) is 18.3 Å². The van der Waals surface area contributed by atoms with Crippen LogP contribution >= 0.6 is 0 Å². The first-order chi connectivity index (χ1) is 9.30. The Kier molecular flexibility index (Phi) is 14.0. The minimum atomic E-state index is -0.386. The van der Waals surface area contributed by atoms with Crippen molar-refractivity contribution < 1.29 is 37.7 Å². The molecule has 0 spiro atoms. The lowest BCUT2D eigenvalue weighted by molar-refractivity contribution is -0.870. The molecule has 0 heterocycles. The Bertz CT molecular complexity index is 266. The summed E-state index contributed by atoms with van der Waals surface area (Å²) in [5, 5.41) is 0.395. The highest BCUT2D eigenvalue weighted by Gasteiger charge is 2.15. The third-order valence-electron chi connectivity index (χ3n) is 3.18. The van der Waals surface area contributed by atoms with E-state index in [4.69, 9.17) is 0 Å². The predicted octanol–water partition coefficient (Wildman–Crippen LogP) is -0.688. The molecule has 0 bridgehead atoms. The van der Waals surface area contributed by atoms with Crippen molar-refractivity contribution in [3.8, 4) is 0 Å².